The van der Waals surface area contributed by atoms with Crippen molar-refractivity contribution in [1.82, 2.24) is 0 Å². The minimum Gasteiger partial charge on any atom is -0.399 e. The number of hydrogen-bond donors (Lipinski definition) is 1. The molecule has 0 aliphatic carbocycles. The van der Waals surface area contributed by atoms with Crippen molar-refractivity contribution in [3.63, 3.8) is 0 Å². The number of nitrogens with zero attached hydrogens (tertiary/aromatic N) is 1. The number of nitrogen functional groups attached to an aromatic ring is 1. The lowest BCUT2D eigenvalue weighted by Crippen LogP contribution is -2.27. The first-order valence-electron chi connectivity index (χ1n) is 6.45. The van der Waals surface area contributed by atoms with E-state index in [2.05, 4.69) is 6.92 Å². The zero-order chi connectivity index (χ0) is 14.7. The molecule has 104 valence electrons. The summed E-state index contributed by atoms with van der Waals surface area (Å²) in [6.07, 6.45) is 0.932. The lowest BCUT2D eigenvalue weighted by Gasteiger charge is -2.18. The Labute approximate surface area is 117 Å². The van der Waals surface area contributed by atoms with E-state index in [0.29, 0.717) is 11.4 Å². The molecule has 0 heterocycles. The van der Waals surface area contributed by atoms with Crippen LogP contribution in [0.15, 0.2) is 42.5 Å². The third kappa shape index (κ3) is 2.79. The minimum absolute atomic E-state index is 0.0212. The summed E-state index contributed by atoms with van der Waals surface area (Å²) >= 11 is 0. The molecule has 0 aliphatic heterocycles. The molecule has 0 atom stereocenters. The summed E-state index contributed by atoms with van der Waals surface area (Å²) in [6.45, 7) is 2.06. The Morgan fingerprint density at radius 2 is 1.85 bits per heavy atom. The Kier molecular flexibility index (Phi) is 4.03. The first kappa shape index (κ1) is 14.1. The molecule has 1 amide bonds. The summed E-state index contributed by atoms with van der Waals surface area (Å²) in [5.74, 6) is -0.986. The van der Waals surface area contributed by atoms with Crippen molar-refractivity contribution in [2.75, 3.05) is 17.7 Å². The van der Waals surface area contributed by atoms with Crippen LogP contribution in [0.3, 0.4) is 0 Å². The van der Waals surface area contributed by atoms with Crippen LogP contribution in [-0.4, -0.2) is 13.0 Å². The van der Waals surface area contributed by atoms with Gasteiger partial charge >= 0.3 is 0 Å². The van der Waals surface area contributed by atoms with Crippen LogP contribution >= 0.6 is 0 Å². The van der Waals surface area contributed by atoms with Crippen molar-refractivity contribution in [3.8, 4) is 0 Å². The normalized spacial score (nSPS) is 10.3. The fourth-order valence-corrected chi connectivity index (χ4v) is 1.96. The average molecular weight is 272 g/mol. The molecular formula is C16H17FN2O. The number of benzene rings is 2. The quantitative estimate of drug-likeness (QED) is 0.872. The Morgan fingerprint density at radius 1 is 1.20 bits per heavy atom. The summed E-state index contributed by atoms with van der Waals surface area (Å²) in [4.78, 5) is 13.7. The van der Waals surface area contributed by atoms with Crippen molar-refractivity contribution in [3.05, 3.63) is 59.4 Å². The van der Waals surface area contributed by atoms with Gasteiger partial charge in [0, 0.05) is 18.4 Å². The molecular weight excluding hydrogens is 255 g/mol. The molecule has 2 aromatic carbocycles. The Balaban J connectivity index is 2.29. The van der Waals surface area contributed by atoms with E-state index in [1.165, 1.54) is 28.7 Å². The minimum atomic E-state index is -0.568. The monoisotopic (exact) mass is 272 g/mol. The highest BCUT2D eigenvalue weighted by Gasteiger charge is 2.17. The van der Waals surface area contributed by atoms with Crippen molar-refractivity contribution in [2.24, 2.45) is 0 Å². The van der Waals surface area contributed by atoms with Crippen molar-refractivity contribution in [2.45, 2.75) is 13.3 Å². The molecule has 3 nitrogen and oxygen atoms in total. The fourth-order valence-electron chi connectivity index (χ4n) is 1.96. The van der Waals surface area contributed by atoms with Crippen LogP contribution in [0.4, 0.5) is 15.8 Å². The molecule has 0 spiro atoms. The molecule has 2 rings (SSSR count). The van der Waals surface area contributed by atoms with E-state index in [0.717, 1.165) is 6.42 Å². The van der Waals surface area contributed by atoms with Gasteiger partial charge in [0.2, 0.25) is 0 Å². The number of amides is 1. The summed E-state index contributed by atoms with van der Waals surface area (Å²) in [5, 5.41) is 0. The Hall–Kier alpha value is -2.36. The second kappa shape index (κ2) is 5.74. The SMILES string of the molecule is CCc1ccc(N(C)C(=O)c2cc(N)ccc2F)cc1. The molecule has 4 heteroatoms. The molecule has 20 heavy (non-hydrogen) atoms. The van der Waals surface area contributed by atoms with Crippen LogP contribution in [-0.2, 0) is 6.42 Å². The fraction of sp³-hybridized carbons (Fsp3) is 0.188. The van der Waals surface area contributed by atoms with Crippen LogP contribution in [0.1, 0.15) is 22.8 Å². The van der Waals surface area contributed by atoms with Crippen molar-refractivity contribution in [1.29, 1.82) is 0 Å². The van der Waals surface area contributed by atoms with Gasteiger partial charge < -0.3 is 10.6 Å². The topological polar surface area (TPSA) is 46.3 Å². The van der Waals surface area contributed by atoms with Gasteiger partial charge in [0.05, 0.1) is 5.56 Å². The third-order valence-corrected chi connectivity index (χ3v) is 3.26. The number of carbonyl (C=O) groups is 1. The highest BCUT2D eigenvalue weighted by atomic mass is 19.1. The second-order valence-electron chi connectivity index (χ2n) is 4.62. The molecule has 2 aromatic rings. The standard InChI is InChI=1S/C16H17FN2O/c1-3-11-4-7-13(8-5-11)19(2)16(20)14-10-12(18)6-9-15(14)17/h4-10H,3,18H2,1-2H3. The van der Waals surface area contributed by atoms with Crippen LogP contribution in [0, 0.1) is 5.82 Å². The molecule has 0 radical (unpaired) electrons. The van der Waals surface area contributed by atoms with E-state index in [4.69, 9.17) is 5.73 Å². The Bertz CT molecular complexity index is 623. The maximum absolute atomic E-state index is 13.7. The lowest BCUT2D eigenvalue weighted by atomic mass is 10.1. The van der Waals surface area contributed by atoms with Gasteiger partial charge in [-0.2, -0.15) is 0 Å². The van der Waals surface area contributed by atoms with Gasteiger partial charge in [-0.05, 0) is 42.3 Å². The predicted octanol–water partition coefficient (Wildman–Crippen LogP) is 3.25. The number of halogens is 1. The number of anilines is 2. The Morgan fingerprint density at radius 3 is 2.45 bits per heavy atom. The molecule has 0 aliphatic rings. The van der Waals surface area contributed by atoms with Gasteiger partial charge in [0.1, 0.15) is 5.82 Å². The predicted molar refractivity (Wildman–Crippen MR) is 79.4 cm³/mol. The number of hydrogen-bond acceptors (Lipinski definition) is 2. The highest BCUT2D eigenvalue weighted by Crippen LogP contribution is 2.19. The maximum Gasteiger partial charge on any atom is 0.261 e. The molecule has 2 N–H and O–H groups in total. The number of aryl methyl sites for hydroxylation is 1. The summed E-state index contributed by atoms with van der Waals surface area (Å²) in [6, 6.07) is 11.6. The molecule has 0 aromatic heterocycles. The van der Waals surface area contributed by atoms with Crippen molar-refractivity contribution >= 4 is 17.3 Å². The summed E-state index contributed by atoms with van der Waals surface area (Å²) in [5.41, 5.74) is 7.85. The first-order chi connectivity index (χ1) is 9.52. The number of nitrogens with two attached hydrogens (primary N) is 1. The average Bonchev–Trinajstić information content (AvgIpc) is 2.48. The zero-order valence-electron chi connectivity index (χ0n) is 11.6. The van der Waals surface area contributed by atoms with Crippen LogP contribution in [0.5, 0.6) is 0 Å². The molecule has 0 saturated heterocycles. The van der Waals surface area contributed by atoms with Gasteiger partial charge in [0.15, 0.2) is 0 Å². The van der Waals surface area contributed by atoms with Gasteiger partial charge in [-0.15, -0.1) is 0 Å². The zero-order valence-corrected chi connectivity index (χ0v) is 11.6. The molecule has 0 bridgehead atoms. The van der Waals surface area contributed by atoms with E-state index < -0.39 is 11.7 Å². The van der Waals surface area contributed by atoms with E-state index in [1.807, 2.05) is 24.3 Å². The largest absolute Gasteiger partial charge is 0.399 e. The van der Waals surface area contributed by atoms with Crippen LogP contribution in [0.2, 0.25) is 0 Å². The van der Waals surface area contributed by atoms with Crippen molar-refractivity contribution < 1.29 is 9.18 Å². The van der Waals surface area contributed by atoms with E-state index in [9.17, 15) is 9.18 Å². The number of carbonyl (C=O) groups excluding carboxylic acids is 1. The number of rotatable bonds is 3. The second-order valence-corrected chi connectivity index (χ2v) is 4.62. The van der Waals surface area contributed by atoms with Crippen LogP contribution in [0.25, 0.3) is 0 Å². The van der Waals surface area contributed by atoms with Crippen LogP contribution < -0.4 is 10.6 Å². The van der Waals surface area contributed by atoms with Gasteiger partial charge in [-0.25, -0.2) is 4.39 Å². The molecule has 0 unspecified atom stereocenters. The van der Waals surface area contributed by atoms with E-state index >= 15 is 0 Å². The molecule has 0 fully saturated rings. The lowest BCUT2D eigenvalue weighted by molar-refractivity contribution is 0.0989. The van der Waals surface area contributed by atoms with E-state index in [1.54, 1.807) is 7.05 Å². The van der Waals surface area contributed by atoms with Gasteiger partial charge in [0.25, 0.3) is 5.91 Å². The smallest absolute Gasteiger partial charge is 0.261 e. The first-order valence-corrected chi connectivity index (χ1v) is 6.45. The summed E-state index contributed by atoms with van der Waals surface area (Å²) in [7, 11) is 1.62. The molecule has 0 saturated carbocycles. The highest BCUT2D eigenvalue weighted by molar-refractivity contribution is 6.06. The van der Waals surface area contributed by atoms with Gasteiger partial charge in [-0.3, -0.25) is 4.79 Å². The summed E-state index contributed by atoms with van der Waals surface area (Å²) < 4.78 is 13.7. The maximum atomic E-state index is 13.7. The third-order valence-electron chi connectivity index (χ3n) is 3.26. The van der Waals surface area contributed by atoms with Gasteiger partial charge in [-0.1, -0.05) is 19.1 Å². The van der Waals surface area contributed by atoms with E-state index in [-0.39, 0.29) is 5.56 Å².